The highest BCUT2D eigenvalue weighted by atomic mass is 16.3. The topological polar surface area (TPSA) is 16.4 Å². The molecule has 0 aliphatic heterocycles. The molecule has 0 saturated carbocycles. The van der Waals surface area contributed by atoms with E-state index in [0.29, 0.717) is 0 Å². The maximum atomic E-state index is 6.56. The molecule has 254 valence electrons. The Balaban J connectivity index is 1.07. The fourth-order valence-corrected chi connectivity index (χ4v) is 7.87. The molecule has 0 N–H and O–H groups in total. The summed E-state index contributed by atoms with van der Waals surface area (Å²) in [6.07, 6.45) is 0. The molecule has 0 atom stereocenters. The molecule has 0 aliphatic rings. The summed E-state index contributed by atoms with van der Waals surface area (Å²) < 4.78 is 6.56. The summed E-state index contributed by atoms with van der Waals surface area (Å²) in [6.45, 7) is 0. The van der Waals surface area contributed by atoms with Crippen LogP contribution in [0.4, 0.5) is 17.1 Å². The first-order valence-electron chi connectivity index (χ1n) is 18.4. The molecule has 2 nitrogen and oxygen atoms in total. The van der Waals surface area contributed by atoms with Gasteiger partial charge in [0.05, 0.1) is 0 Å². The lowest BCUT2D eigenvalue weighted by Crippen LogP contribution is -2.09. The summed E-state index contributed by atoms with van der Waals surface area (Å²) >= 11 is 0. The number of para-hydroxylation sites is 1. The van der Waals surface area contributed by atoms with E-state index < -0.39 is 0 Å². The van der Waals surface area contributed by atoms with E-state index in [9.17, 15) is 0 Å². The Morgan fingerprint density at radius 3 is 1.43 bits per heavy atom. The van der Waals surface area contributed by atoms with Crippen LogP contribution in [0, 0.1) is 0 Å². The molecule has 10 rings (SSSR count). The molecule has 0 aliphatic carbocycles. The molecule has 1 heterocycles. The molecule has 0 bridgehead atoms. The lowest BCUT2D eigenvalue weighted by Gasteiger charge is -2.26. The Hall–Kier alpha value is -7.16. The van der Waals surface area contributed by atoms with Gasteiger partial charge in [-0.25, -0.2) is 0 Å². The van der Waals surface area contributed by atoms with Gasteiger partial charge in [-0.05, 0) is 110 Å². The Bertz CT molecular complexity index is 2890. The van der Waals surface area contributed by atoms with Gasteiger partial charge in [0.2, 0.25) is 0 Å². The molecular weight excluding hydrogens is 655 g/mol. The first-order chi connectivity index (χ1) is 26.8. The van der Waals surface area contributed by atoms with Crippen LogP contribution in [0.25, 0.3) is 77.2 Å². The number of fused-ring (bicyclic) bond motifs is 4. The van der Waals surface area contributed by atoms with Crippen LogP contribution in [0.1, 0.15) is 0 Å². The van der Waals surface area contributed by atoms with E-state index in [1.54, 1.807) is 0 Å². The standard InChI is InChI=1S/C52H35NO/c1-3-13-36(14-4-1)37-23-29-42(30-24-37)53(43-31-25-38(26-32-43)49-35-41-17-7-8-18-45(41)46-19-9-10-20-47(46)49)44-33-27-40(28-34-44)52-51(39-15-5-2-6-16-39)48-21-11-12-22-50(48)54-52/h1-35H. The number of nitrogens with zero attached hydrogens (tertiary/aromatic N) is 1. The molecule has 9 aromatic carbocycles. The van der Waals surface area contributed by atoms with Gasteiger partial charge in [-0.1, -0.05) is 152 Å². The smallest absolute Gasteiger partial charge is 0.143 e. The van der Waals surface area contributed by atoms with Gasteiger partial charge in [-0.15, -0.1) is 0 Å². The van der Waals surface area contributed by atoms with E-state index in [2.05, 4.69) is 205 Å². The zero-order valence-corrected chi connectivity index (χ0v) is 29.6. The van der Waals surface area contributed by atoms with Crippen molar-refractivity contribution in [1.29, 1.82) is 0 Å². The Morgan fingerprint density at radius 1 is 0.315 bits per heavy atom. The SMILES string of the molecule is c1ccc(-c2ccc(N(c3ccc(-c4oc5ccccc5c4-c4ccccc4)cc3)c3ccc(-c4cc5ccccc5c5ccccc45)cc3)cc2)cc1. The molecule has 0 amide bonds. The van der Waals surface area contributed by atoms with Gasteiger partial charge >= 0.3 is 0 Å². The molecular formula is C52H35NO. The number of hydrogen-bond acceptors (Lipinski definition) is 2. The van der Waals surface area contributed by atoms with Crippen LogP contribution in [0.5, 0.6) is 0 Å². The number of anilines is 3. The number of furan rings is 1. The highest BCUT2D eigenvalue weighted by molar-refractivity contribution is 6.13. The van der Waals surface area contributed by atoms with Crippen LogP contribution in [0.3, 0.4) is 0 Å². The number of hydrogen-bond donors (Lipinski definition) is 0. The maximum absolute atomic E-state index is 6.56. The Labute approximate surface area is 314 Å². The fraction of sp³-hybridized carbons (Fsp3) is 0. The highest BCUT2D eigenvalue weighted by Gasteiger charge is 2.19. The van der Waals surface area contributed by atoms with Crippen LogP contribution in [0.2, 0.25) is 0 Å². The van der Waals surface area contributed by atoms with Gasteiger partial charge < -0.3 is 9.32 Å². The summed E-state index contributed by atoms with van der Waals surface area (Å²) in [5, 5.41) is 6.17. The predicted molar refractivity (Wildman–Crippen MR) is 228 cm³/mol. The molecule has 10 aromatic rings. The van der Waals surface area contributed by atoms with Crippen molar-refractivity contribution < 1.29 is 4.42 Å². The zero-order valence-electron chi connectivity index (χ0n) is 29.6. The van der Waals surface area contributed by atoms with Gasteiger partial charge in [0.25, 0.3) is 0 Å². The van der Waals surface area contributed by atoms with Crippen molar-refractivity contribution >= 4 is 49.6 Å². The van der Waals surface area contributed by atoms with E-state index >= 15 is 0 Å². The molecule has 0 radical (unpaired) electrons. The van der Waals surface area contributed by atoms with E-state index in [1.807, 2.05) is 12.1 Å². The van der Waals surface area contributed by atoms with Crippen molar-refractivity contribution in [2.45, 2.75) is 0 Å². The average Bonchev–Trinajstić information content (AvgIpc) is 3.65. The van der Waals surface area contributed by atoms with E-state index in [1.165, 1.54) is 43.8 Å². The van der Waals surface area contributed by atoms with Crippen LogP contribution in [0.15, 0.2) is 217 Å². The van der Waals surface area contributed by atoms with Gasteiger partial charge in [0.15, 0.2) is 0 Å². The monoisotopic (exact) mass is 689 g/mol. The Morgan fingerprint density at radius 2 is 0.778 bits per heavy atom. The summed E-state index contributed by atoms with van der Waals surface area (Å²) in [5.74, 6) is 0.875. The lowest BCUT2D eigenvalue weighted by molar-refractivity contribution is 0.632. The van der Waals surface area contributed by atoms with Crippen molar-refractivity contribution in [2.24, 2.45) is 0 Å². The molecule has 1 aromatic heterocycles. The second-order valence-corrected chi connectivity index (χ2v) is 13.7. The minimum atomic E-state index is 0.875. The molecule has 2 heteroatoms. The second kappa shape index (κ2) is 13.4. The van der Waals surface area contributed by atoms with E-state index in [4.69, 9.17) is 4.42 Å². The zero-order chi connectivity index (χ0) is 35.8. The van der Waals surface area contributed by atoms with Crippen molar-refractivity contribution in [3.05, 3.63) is 212 Å². The third-order valence-electron chi connectivity index (χ3n) is 10.5. The van der Waals surface area contributed by atoms with Crippen molar-refractivity contribution in [2.75, 3.05) is 4.90 Å². The fourth-order valence-electron chi connectivity index (χ4n) is 7.87. The number of benzene rings is 9. The van der Waals surface area contributed by atoms with Crippen molar-refractivity contribution in [3.8, 4) is 44.7 Å². The van der Waals surface area contributed by atoms with E-state index in [-0.39, 0.29) is 0 Å². The molecule has 0 spiro atoms. The van der Waals surface area contributed by atoms with Gasteiger partial charge in [0.1, 0.15) is 11.3 Å². The van der Waals surface area contributed by atoms with Crippen molar-refractivity contribution in [1.82, 2.24) is 0 Å². The summed E-state index contributed by atoms with van der Waals surface area (Å²) in [5.41, 5.74) is 12.2. The van der Waals surface area contributed by atoms with Gasteiger partial charge in [0, 0.05) is 33.6 Å². The van der Waals surface area contributed by atoms with Crippen LogP contribution >= 0.6 is 0 Å². The minimum Gasteiger partial charge on any atom is -0.455 e. The molecule has 54 heavy (non-hydrogen) atoms. The Kier molecular flexibility index (Phi) is 7.85. The third kappa shape index (κ3) is 5.62. The van der Waals surface area contributed by atoms with Crippen molar-refractivity contribution in [3.63, 3.8) is 0 Å². The third-order valence-corrected chi connectivity index (χ3v) is 10.5. The minimum absolute atomic E-state index is 0.875. The summed E-state index contributed by atoms with van der Waals surface area (Å²) in [4.78, 5) is 2.33. The number of rotatable bonds is 7. The summed E-state index contributed by atoms with van der Waals surface area (Å²) in [7, 11) is 0. The van der Waals surface area contributed by atoms with E-state index in [0.717, 1.165) is 50.5 Å². The largest absolute Gasteiger partial charge is 0.455 e. The van der Waals surface area contributed by atoms with Crippen LogP contribution in [-0.2, 0) is 0 Å². The van der Waals surface area contributed by atoms with Crippen LogP contribution < -0.4 is 4.90 Å². The maximum Gasteiger partial charge on any atom is 0.143 e. The molecule has 0 unspecified atom stereocenters. The van der Waals surface area contributed by atoms with Gasteiger partial charge in [-0.3, -0.25) is 0 Å². The first kappa shape index (κ1) is 31.6. The predicted octanol–water partition coefficient (Wildman–Crippen LogP) is 14.9. The summed E-state index contributed by atoms with van der Waals surface area (Å²) in [6, 6.07) is 75.7. The molecule has 0 saturated heterocycles. The van der Waals surface area contributed by atoms with Crippen LogP contribution in [-0.4, -0.2) is 0 Å². The quantitative estimate of drug-likeness (QED) is 0.155. The second-order valence-electron chi connectivity index (χ2n) is 13.7. The normalized spacial score (nSPS) is 11.3. The highest BCUT2D eigenvalue weighted by Crippen LogP contribution is 2.43. The lowest BCUT2D eigenvalue weighted by atomic mass is 9.93. The average molecular weight is 690 g/mol. The molecule has 0 fully saturated rings. The van der Waals surface area contributed by atoms with Gasteiger partial charge in [-0.2, -0.15) is 0 Å². The first-order valence-corrected chi connectivity index (χ1v) is 18.4.